The molecule has 1 atom stereocenters. The van der Waals surface area contributed by atoms with Crippen LogP contribution in [-0.2, 0) is 4.79 Å². The number of benzene rings is 1. The van der Waals surface area contributed by atoms with Gasteiger partial charge in [0, 0.05) is 0 Å². The van der Waals surface area contributed by atoms with Gasteiger partial charge in [-0.3, -0.25) is 4.79 Å². The lowest BCUT2D eigenvalue weighted by Gasteiger charge is -2.14. The Morgan fingerprint density at radius 1 is 1.62 bits per heavy atom. The van der Waals surface area contributed by atoms with Gasteiger partial charge in [-0.2, -0.15) is 0 Å². The number of hydrogen-bond acceptors (Lipinski definition) is 3. The largest absolute Gasteiger partial charge is 0.491 e. The Hall–Kier alpha value is -1.62. The van der Waals surface area contributed by atoms with Crippen molar-refractivity contribution >= 4 is 5.91 Å². The zero-order valence-electron chi connectivity index (χ0n) is 9.29. The van der Waals surface area contributed by atoms with Crippen LogP contribution in [0.25, 0.3) is 0 Å². The van der Waals surface area contributed by atoms with Gasteiger partial charge in [0.15, 0.2) is 0 Å². The van der Waals surface area contributed by atoms with Crippen molar-refractivity contribution in [3.05, 3.63) is 29.6 Å². The molecule has 88 valence electrons. The highest BCUT2D eigenvalue weighted by molar-refractivity contribution is 5.79. The van der Waals surface area contributed by atoms with Gasteiger partial charge in [-0.1, -0.05) is 0 Å². The highest BCUT2D eigenvalue weighted by atomic mass is 19.1. The summed E-state index contributed by atoms with van der Waals surface area (Å²) in [5.41, 5.74) is 5.81. The number of rotatable bonds is 5. The van der Waals surface area contributed by atoms with Crippen molar-refractivity contribution in [2.45, 2.75) is 13.0 Å². The maximum Gasteiger partial charge on any atom is 0.238 e. The van der Waals surface area contributed by atoms with Crippen molar-refractivity contribution in [1.82, 2.24) is 5.32 Å². The van der Waals surface area contributed by atoms with Crippen LogP contribution in [0.4, 0.5) is 4.39 Å². The number of amides is 1. The van der Waals surface area contributed by atoms with Crippen molar-refractivity contribution in [2.75, 3.05) is 13.7 Å². The van der Waals surface area contributed by atoms with E-state index < -0.39 is 11.9 Å². The fraction of sp³-hybridized carbons (Fsp3) is 0.364. The summed E-state index contributed by atoms with van der Waals surface area (Å²) in [4.78, 5) is 10.9. The normalized spacial score (nSPS) is 12.2. The molecule has 1 aromatic rings. The quantitative estimate of drug-likeness (QED) is 0.772. The summed E-state index contributed by atoms with van der Waals surface area (Å²) in [5, 5.41) is 2.73. The summed E-state index contributed by atoms with van der Waals surface area (Å²) in [6.07, 6.45) is 0. The third kappa shape index (κ3) is 3.20. The zero-order chi connectivity index (χ0) is 12.1. The van der Waals surface area contributed by atoms with E-state index >= 15 is 0 Å². The van der Waals surface area contributed by atoms with Crippen LogP contribution in [0, 0.1) is 12.7 Å². The molecule has 16 heavy (non-hydrogen) atoms. The number of primary amides is 1. The Balaban J connectivity index is 2.63. The minimum Gasteiger partial charge on any atom is -0.491 e. The highest BCUT2D eigenvalue weighted by Crippen LogP contribution is 2.18. The van der Waals surface area contributed by atoms with Gasteiger partial charge in [-0.05, 0) is 37.7 Å². The van der Waals surface area contributed by atoms with E-state index in [-0.39, 0.29) is 12.4 Å². The number of ether oxygens (including phenoxy) is 1. The minimum absolute atomic E-state index is 0.123. The number of likely N-dealkylation sites (N-methyl/N-ethyl adjacent to an activating group) is 1. The molecule has 0 fully saturated rings. The first-order chi connectivity index (χ1) is 7.54. The van der Waals surface area contributed by atoms with Gasteiger partial charge in [0.25, 0.3) is 0 Å². The summed E-state index contributed by atoms with van der Waals surface area (Å²) in [6, 6.07) is 3.65. The molecular formula is C11H15FN2O2. The van der Waals surface area contributed by atoms with Gasteiger partial charge in [0.2, 0.25) is 5.91 Å². The van der Waals surface area contributed by atoms with Crippen molar-refractivity contribution < 1.29 is 13.9 Å². The van der Waals surface area contributed by atoms with E-state index in [0.717, 1.165) is 0 Å². The highest BCUT2D eigenvalue weighted by Gasteiger charge is 2.13. The predicted molar refractivity (Wildman–Crippen MR) is 58.7 cm³/mol. The molecule has 0 radical (unpaired) electrons. The Morgan fingerprint density at radius 2 is 2.31 bits per heavy atom. The molecule has 1 amide bonds. The number of carbonyl (C=O) groups excluding carboxylic acids is 1. The van der Waals surface area contributed by atoms with Crippen LogP contribution in [0.5, 0.6) is 5.75 Å². The second kappa shape index (κ2) is 5.46. The Labute approximate surface area is 93.6 Å². The Kier molecular flexibility index (Phi) is 4.25. The van der Waals surface area contributed by atoms with Crippen LogP contribution < -0.4 is 15.8 Å². The first-order valence-corrected chi connectivity index (χ1v) is 4.90. The number of carbonyl (C=O) groups is 1. The molecule has 0 bridgehead atoms. The van der Waals surface area contributed by atoms with Gasteiger partial charge in [0.1, 0.15) is 24.2 Å². The molecule has 0 aliphatic rings. The molecule has 0 saturated heterocycles. The molecule has 1 unspecified atom stereocenters. The van der Waals surface area contributed by atoms with E-state index in [4.69, 9.17) is 10.5 Å². The third-order valence-electron chi connectivity index (χ3n) is 2.23. The van der Waals surface area contributed by atoms with Crippen LogP contribution in [0.3, 0.4) is 0 Å². The van der Waals surface area contributed by atoms with E-state index in [9.17, 15) is 9.18 Å². The average molecular weight is 226 g/mol. The summed E-state index contributed by atoms with van der Waals surface area (Å²) >= 11 is 0. The first kappa shape index (κ1) is 12.4. The Bertz CT molecular complexity index is 382. The molecule has 4 nitrogen and oxygen atoms in total. The maximum atomic E-state index is 12.8. The molecule has 3 N–H and O–H groups in total. The lowest BCUT2D eigenvalue weighted by molar-refractivity contribution is -0.120. The zero-order valence-corrected chi connectivity index (χ0v) is 9.29. The summed E-state index contributed by atoms with van der Waals surface area (Å²) in [6.45, 7) is 1.86. The van der Waals surface area contributed by atoms with Crippen LogP contribution in [-0.4, -0.2) is 25.6 Å². The number of aryl methyl sites for hydroxylation is 1. The lowest BCUT2D eigenvalue weighted by Crippen LogP contribution is -2.43. The smallest absolute Gasteiger partial charge is 0.238 e. The molecule has 1 rings (SSSR count). The molecule has 0 spiro atoms. The van der Waals surface area contributed by atoms with Crippen molar-refractivity contribution in [3.8, 4) is 5.75 Å². The standard InChI is InChI=1S/C11H15FN2O2/c1-7-5-8(12)3-4-10(7)16-6-9(14-2)11(13)15/h3-5,9,14H,6H2,1-2H3,(H2,13,15). The summed E-state index contributed by atoms with van der Waals surface area (Å²) < 4.78 is 18.2. The molecular weight excluding hydrogens is 211 g/mol. The Morgan fingerprint density at radius 3 is 2.81 bits per heavy atom. The number of nitrogens with one attached hydrogen (secondary N) is 1. The van der Waals surface area contributed by atoms with Crippen molar-refractivity contribution in [1.29, 1.82) is 0 Å². The molecule has 0 heterocycles. The molecule has 5 heteroatoms. The molecule has 0 aliphatic carbocycles. The predicted octanol–water partition coefficient (Wildman–Crippen LogP) is 0.586. The van der Waals surface area contributed by atoms with Gasteiger partial charge in [0.05, 0.1) is 0 Å². The monoisotopic (exact) mass is 226 g/mol. The van der Waals surface area contributed by atoms with Crippen LogP contribution in [0.2, 0.25) is 0 Å². The van der Waals surface area contributed by atoms with Gasteiger partial charge in [-0.15, -0.1) is 0 Å². The number of nitrogens with two attached hydrogens (primary N) is 1. The lowest BCUT2D eigenvalue weighted by atomic mass is 10.2. The van der Waals surface area contributed by atoms with Gasteiger partial charge in [-0.25, -0.2) is 4.39 Å². The van der Waals surface area contributed by atoms with Crippen molar-refractivity contribution in [3.63, 3.8) is 0 Å². The average Bonchev–Trinajstić information content (AvgIpc) is 2.21. The summed E-state index contributed by atoms with van der Waals surface area (Å²) in [7, 11) is 1.62. The molecule has 0 aliphatic heterocycles. The van der Waals surface area contributed by atoms with E-state index in [1.54, 1.807) is 14.0 Å². The van der Waals surface area contributed by atoms with Gasteiger partial charge >= 0.3 is 0 Å². The van der Waals surface area contributed by atoms with Crippen LogP contribution in [0.1, 0.15) is 5.56 Å². The fourth-order valence-electron chi connectivity index (χ4n) is 1.26. The third-order valence-corrected chi connectivity index (χ3v) is 2.23. The second-order valence-electron chi connectivity index (χ2n) is 3.46. The second-order valence-corrected chi connectivity index (χ2v) is 3.46. The van der Waals surface area contributed by atoms with Gasteiger partial charge < -0.3 is 15.8 Å². The summed E-state index contributed by atoms with van der Waals surface area (Å²) in [5.74, 6) is -0.255. The van der Waals surface area contributed by atoms with Crippen molar-refractivity contribution in [2.24, 2.45) is 5.73 Å². The van der Waals surface area contributed by atoms with Crippen LogP contribution >= 0.6 is 0 Å². The SMILES string of the molecule is CNC(COc1ccc(F)cc1C)C(N)=O. The number of halogens is 1. The topological polar surface area (TPSA) is 64.3 Å². The molecule has 1 aromatic carbocycles. The van der Waals surface area contributed by atoms with Crippen LogP contribution in [0.15, 0.2) is 18.2 Å². The number of hydrogen-bond donors (Lipinski definition) is 2. The molecule has 0 saturated carbocycles. The van der Waals surface area contributed by atoms with E-state index in [0.29, 0.717) is 11.3 Å². The first-order valence-electron chi connectivity index (χ1n) is 4.90. The maximum absolute atomic E-state index is 12.8. The van der Waals surface area contributed by atoms with E-state index in [1.807, 2.05) is 0 Å². The van der Waals surface area contributed by atoms with E-state index in [2.05, 4.69) is 5.32 Å². The molecule has 0 aromatic heterocycles. The van der Waals surface area contributed by atoms with E-state index in [1.165, 1.54) is 18.2 Å². The fourth-order valence-corrected chi connectivity index (χ4v) is 1.26. The minimum atomic E-state index is -0.551.